The Morgan fingerprint density at radius 2 is 2.21 bits per heavy atom. The molecule has 148 valence electrons. The predicted octanol–water partition coefficient (Wildman–Crippen LogP) is 0.228. The Morgan fingerprint density at radius 1 is 1.39 bits per heavy atom. The van der Waals surface area contributed by atoms with E-state index in [1.165, 1.54) is 24.6 Å². The highest BCUT2D eigenvalue weighted by molar-refractivity contribution is 7.07. The van der Waals surface area contributed by atoms with E-state index >= 15 is 0 Å². The van der Waals surface area contributed by atoms with Crippen LogP contribution in [0.25, 0.3) is 0 Å². The van der Waals surface area contributed by atoms with Crippen LogP contribution >= 0.6 is 11.3 Å². The second kappa shape index (κ2) is 7.01. The fourth-order valence-electron chi connectivity index (χ4n) is 4.72. The van der Waals surface area contributed by atoms with Crippen molar-refractivity contribution in [2.24, 2.45) is 5.41 Å². The second-order valence-corrected chi connectivity index (χ2v) is 8.05. The van der Waals surface area contributed by atoms with Gasteiger partial charge in [0, 0.05) is 35.6 Å². The molecule has 0 unspecified atom stereocenters. The Morgan fingerprint density at radius 3 is 2.89 bits per heavy atom. The summed E-state index contributed by atoms with van der Waals surface area (Å²) in [6, 6.07) is -0.363. The Bertz CT molecular complexity index is 1010. The van der Waals surface area contributed by atoms with Crippen LogP contribution in [-0.4, -0.2) is 50.9 Å². The molecule has 2 aliphatic heterocycles. The van der Waals surface area contributed by atoms with E-state index in [2.05, 4.69) is 15.0 Å². The van der Waals surface area contributed by atoms with Crippen molar-refractivity contribution in [3.05, 3.63) is 49.2 Å². The van der Waals surface area contributed by atoms with Gasteiger partial charge in [-0.2, -0.15) is 0 Å². The molecule has 0 spiro atoms. The highest BCUT2D eigenvalue weighted by Gasteiger charge is 2.61. The molecule has 2 aromatic heterocycles. The first-order valence-corrected chi connectivity index (χ1v) is 9.96. The Hall–Kier alpha value is -2.75. The number of methoxy groups -OCH3 is 1. The van der Waals surface area contributed by atoms with Crippen molar-refractivity contribution in [3.63, 3.8) is 0 Å². The van der Waals surface area contributed by atoms with Gasteiger partial charge < -0.3 is 14.6 Å². The van der Waals surface area contributed by atoms with E-state index in [1.54, 1.807) is 10.4 Å². The van der Waals surface area contributed by atoms with Gasteiger partial charge in [-0.1, -0.05) is 0 Å². The number of nitrogens with zero attached hydrogens (tertiary/aromatic N) is 2. The Balaban J connectivity index is 1.62. The fourth-order valence-corrected chi connectivity index (χ4v) is 5.27. The van der Waals surface area contributed by atoms with Gasteiger partial charge in [-0.3, -0.25) is 19.4 Å². The maximum Gasteiger partial charge on any atom is 0.325 e. The number of hydrogen-bond acceptors (Lipinski definition) is 7. The third-order valence-corrected chi connectivity index (χ3v) is 6.47. The number of carbonyl (C=O) groups is 2. The summed E-state index contributed by atoms with van der Waals surface area (Å²) in [6.45, 7) is 0. The first-order valence-electron chi connectivity index (χ1n) is 9.02. The van der Waals surface area contributed by atoms with E-state index in [0.29, 0.717) is 19.3 Å². The molecule has 2 fully saturated rings. The molecule has 2 aliphatic rings. The van der Waals surface area contributed by atoms with Crippen LogP contribution < -0.4 is 11.2 Å². The molecule has 1 amide bonds. The summed E-state index contributed by atoms with van der Waals surface area (Å²) in [5.74, 6) is -0.554. The van der Waals surface area contributed by atoms with Gasteiger partial charge in [0.1, 0.15) is 0 Å². The van der Waals surface area contributed by atoms with Gasteiger partial charge in [0.25, 0.3) is 5.56 Å². The van der Waals surface area contributed by atoms with Crippen molar-refractivity contribution in [1.82, 2.24) is 19.9 Å². The van der Waals surface area contributed by atoms with Gasteiger partial charge in [0.2, 0.25) is 5.91 Å². The minimum atomic E-state index is -0.821. The van der Waals surface area contributed by atoms with Crippen LogP contribution in [0.15, 0.2) is 26.7 Å². The summed E-state index contributed by atoms with van der Waals surface area (Å²) in [4.78, 5) is 59.5. The van der Waals surface area contributed by atoms with Crippen LogP contribution in [0.3, 0.4) is 0 Å². The Kier molecular flexibility index (Phi) is 4.66. The quantitative estimate of drug-likeness (QED) is 0.687. The molecule has 3 atom stereocenters. The monoisotopic (exact) mass is 404 g/mol. The summed E-state index contributed by atoms with van der Waals surface area (Å²) in [7, 11) is 1.36. The van der Waals surface area contributed by atoms with Crippen LogP contribution in [0.1, 0.15) is 30.5 Å². The molecule has 4 rings (SSSR count). The molecule has 0 aliphatic carbocycles. The average Bonchev–Trinajstić information content (AvgIpc) is 3.39. The first-order chi connectivity index (χ1) is 13.4. The summed E-state index contributed by atoms with van der Waals surface area (Å²) >= 11 is 1.46. The number of ether oxygens (including phenoxy) is 1. The SMILES string of the molecule is COC(=O)[C@@]1(Cc2cscn2)C[C@H]2CC[C@@H]1N2C(=O)Cc1c[nH]c(=O)[nH]c1=O. The third-order valence-electron chi connectivity index (χ3n) is 5.84. The lowest BCUT2D eigenvalue weighted by atomic mass is 9.71. The number of hydrogen-bond donors (Lipinski definition) is 2. The predicted molar refractivity (Wildman–Crippen MR) is 99.9 cm³/mol. The van der Waals surface area contributed by atoms with Crippen LogP contribution in [-0.2, 0) is 27.2 Å². The largest absolute Gasteiger partial charge is 0.469 e. The lowest BCUT2D eigenvalue weighted by Crippen LogP contribution is -2.47. The minimum absolute atomic E-state index is 0.0721. The molecule has 4 heterocycles. The molecule has 0 saturated carbocycles. The summed E-state index contributed by atoms with van der Waals surface area (Å²) in [5.41, 5.74) is 0.713. The Labute approximate surface area is 163 Å². The van der Waals surface area contributed by atoms with Crippen molar-refractivity contribution < 1.29 is 14.3 Å². The minimum Gasteiger partial charge on any atom is -0.469 e. The van der Waals surface area contributed by atoms with E-state index in [-0.39, 0.29) is 35.9 Å². The molecule has 2 N–H and O–H groups in total. The molecular formula is C18H20N4O5S. The van der Waals surface area contributed by atoms with Gasteiger partial charge in [-0.25, -0.2) is 9.78 Å². The number of aromatic nitrogens is 3. The highest BCUT2D eigenvalue weighted by atomic mass is 32.1. The van der Waals surface area contributed by atoms with Gasteiger partial charge in [0.05, 0.1) is 30.2 Å². The van der Waals surface area contributed by atoms with E-state index in [4.69, 9.17) is 4.74 Å². The van der Waals surface area contributed by atoms with E-state index < -0.39 is 16.7 Å². The number of esters is 1. The third kappa shape index (κ3) is 2.97. The highest BCUT2D eigenvalue weighted by Crippen LogP contribution is 2.52. The lowest BCUT2D eigenvalue weighted by molar-refractivity contribution is -0.155. The van der Waals surface area contributed by atoms with Crippen LogP contribution in [0.5, 0.6) is 0 Å². The zero-order valence-corrected chi connectivity index (χ0v) is 16.1. The number of aromatic amines is 2. The maximum atomic E-state index is 13.0. The molecule has 10 heteroatoms. The zero-order valence-electron chi connectivity index (χ0n) is 15.3. The first kappa shape index (κ1) is 18.6. The van der Waals surface area contributed by atoms with Gasteiger partial charge in [0.15, 0.2) is 0 Å². The van der Waals surface area contributed by atoms with Gasteiger partial charge >= 0.3 is 11.7 Å². The molecule has 2 saturated heterocycles. The van der Waals surface area contributed by atoms with E-state index in [0.717, 1.165) is 12.1 Å². The summed E-state index contributed by atoms with van der Waals surface area (Å²) in [6.07, 6.45) is 3.60. The van der Waals surface area contributed by atoms with E-state index in [1.807, 2.05) is 5.38 Å². The molecule has 28 heavy (non-hydrogen) atoms. The zero-order chi connectivity index (χ0) is 19.9. The van der Waals surface area contributed by atoms with E-state index in [9.17, 15) is 19.2 Å². The molecule has 0 aromatic carbocycles. The number of H-pyrrole nitrogens is 2. The number of rotatable bonds is 5. The smallest absolute Gasteiger partial charge is 0.325 e. The van der Waals surface area contributed by atoms with Crippen LogP contribution in [0, 0.1) is 5.41 Å². The normalized spacial score (nSPS) is 25.8. The molecule has 0 radical (unpaired) electrons. The molecule has 2 aromatic rings. The van der Waals surface area contributed by atoms with Crippen molar-refractivity contribution in [3.8, 4) is 0 Å². The molecule has 2 bridgehead atoms. The van der Waals surface area contributed by atoms with Crippen molar-refractivity contribution in [1.29, 1.82) is 0 Å². The van der Waals surface area contributed by atoms with Crippen LogP contribution in [0.4, 0.5) is 0 Å². The lowest BCUT2D eigenvalue weighted by Gasteiger charge is -2.34. The van der Waals surface area contributed by atoms with Crippen molar-refractivity contribution in [2.75, 3.05) is 7.11 Å². The molecule has 9 nitrogen and oxygen atoms in total. The number of fused-ring (bicyclic) bond motifs is 2. The second-order valence-electron chi connectivity index (χ2n) is 7.33. The number of nitrogens with one attached hydrogen (secondary N) is 2. The topological polar surface area (TPSA) is 125 Å². The standard InChI is InChI=1S/C18H20N4O5S/c1-27-16(25)18(5-11-8-28-9-20-11)6-12-2-3-13(18)22(12)14(23)4-10-7-19-17(26)21-15(10)24/h7-9,12-13H,2-6H2,1H3,(H2,19,21,24,26)/t12-,13+,18+/m1/s1. The average molecular weight is 404 g/mol. The summed E-state index contributed by atoms with van der Waals surface area (Å²) in [5, 5.41) is 1.91. The van der Waals surface area contributed by atoms with Gasteiger partial charge in [-0.15, -0.1) is 11.3 Å². The number of thiazole rings is 1. The maximum absolute atomic E-state index is 13.0. The summed E-state index contributed by atoms with van der Waals surface area (Å²) < 4.78 is 5.12. The van der Waals surface area contributed by atoms with Crippen molar-refractivity contribution in [2.45, 2.75) is 44.2 Å². The molecular weight excluding hydrogens is 384 g/mol. The number of carbonyl (C=O) groups excluding carboxylic acids is 2. The fraction of sp³-hybridized carbons (Fsp3) is 0.500. The number of amides is 1. The van der Waals surface area contributed by atoms with Crippen LogP contribution in [0.2, 0.25) is 0 Å². The van der Waals surface area contributed by atoms with Gasteiger partial charge in [-0.05, 0) is 19.3 Å². The van der Waals surface area contributed by atoms with Crippen molar-refractivity contribution >= 4 is 23.2 Å².